The lowest BCUT2D eigenvalue weighted by Gasteiger charge is -2.10. The first-order valence-corrected chi connectivity index (χ1v) is 6.67. The molecule has 0 aliphatic carbocycles. The highest BCUT2D eigenvalue weighted by atomic mass is 19.1. The van der Waals surface area contributed by atoms with Crippen LogP contribution in [0, 0.1) is 0 Å². The summed E-state index contributed by atoms with van der Waals surface area (Å²) < 4.78 is 25.9. The molecule has 0 fully saturated rings. The van der Waals surface area contributed by atoms with Crippen LogP contribution in [0.15, 0.2) is 61.2 Å². The van der Waals surface area contributed by atoms with E-state index in [0.29, 0.717) is 11.1 Å². The average Bonchev–Trinajstić information content (AvgIpc) is 2.43. The van der Waals surface area contributed by atoms with Gasteiger partial charge in [0.15, 0.2) is 0 Å². The second kappa shape index (κ2) is 6.43. The van der Waals surface area contributed by atoms with E-state index >= 15 is 0 Å². The zero-order valence-corrected chi connectivity index (χ0v) is 11.9. The normalized spacial score (nSPS) is 10.5. The van der Waals surface area contributed by atoms with Gasteiger partial charge in [0.05, 0.1) is 11.7 Å². The fourth-order valence-corrected chi connectivity index (χ4v) is 2.23. The van der Waals surface area contributed by atoms with Gasteiger partial charge < -0.3 is 10.2 Å². The van der Waals surface area contributed by atoms with Gasteiger partial charge in [-0.2, -0.15) is 0 Å². The number of hydrogen-bond donors (Lipinski definition) is 2. The summed E-state index contributed by atoms with van der Waals surface area (Å²) in [6, 6.07) is 9.55. The molecule has 0 atom stereocenters. The van der Waals surface area contributed by atoms with Crippen LogP contribution in [-0.2, 0) is 12.8 Å². The highest BCUT2D eigenvalue weighted by molar-refractivity contribution is 5.68. The minimum atomic E-state index is -0.549. The number of allylic oxidation sites excluding steroid dienone is 2. The van der Waals surface area contributed by atoms with Crippen LogP contribution in [0.3, 0.4) is 0 Å². The summed E-state index contributed by atoms with van der Waals surface area (Å²) in [6.45, 7) is 6.38. The second-order valence-corrected chi connectivity index (χ2v) is 5.08. The van der Waals surface area contributed by atoms with Crippen molar-refractivity contribution >= 4 is 0 Å². The van der Waals surface area contributed by atoms with E-state index in [1.165, 1.54) is 12.1 Å². The minimum Gasteiger partial charge on any atom is -0.508 e. The van der Waals surface area contributed by atoms with Crippen LogP contribution in [0.5, 0.6) is 11.5 Å². The molecule has 0 aromatic heterocycles. The second-order valence-electron chi connectivity index (χ2n) is 5.08. The largest absolute Gasteiger partial charge is 0.508 e. The zero-order chi connectivity index (χ0) is 16.3. The number of benzene rings is 2. The van der Waals surface area contributed by atoms with Crippen molar-refractivity contribution in [1.82, 2.24) is 0 Å². The molecule has 0 aliphatic rings. The predicted molar refractivity (Wildman–Crippen MR) is 83.1 cm³/mol. The summed E-state index contributed by atoms with van der Waals surface area (Å²) in [5.41, 5.74) is 2.27. The Balaban J connectivity index is 2.43. The van der Waals surface area contributed by atoms with Gasteiger partial charge in [0.2, 0.25) is 0 Å². The Morgan fingerprint density at radius 3 is 1.45 bits per heavy atom. The average molecular weight is 302 g/mol. The number of rotatable bonds is 5. The summed E-state index contributed by atoms with van der Waals surface area (Å²) in [5, 5.41) is 19.5. The van der Waals surface area contributed by atoms with Crippen molar-refractivity contribution < 1.29 is 19.0 Å². The van der Waals surface area contributed by atoms with Crippen LogP contribution in [0.4, 0.5) is 8.78 Å². The topological polar surface area (TPSA) is 40.5 Å². The van der Waals surface area contributed by atoms with Crippen molar-refractivity contribution in [2.24, 2.45) is 0 Å². The molecule has 0 unspecified atom stereocenters. The molecule has 2 N–H and O–H groups in total. The maximum atomic E-state index is 13.0. The molecule has 0 heterocycles. The van der Waals surface area contributed by atoms with Gasteiger partial charge in [-0.15, -0.1) is 0 Å². The van der Waals surface area contributed by atoms with E-state index in [1.807, 2.05) is 0 Å². The number of phenols is 2. The Labute approximate surface area is 127 Å². The lowest BCUT2D eigenvalue weighted by Crippen LogP contribution is -1.90. The van der Waals surface area contributed by atoms with Gasteiger partial charge in [0, 0.05) is 24.0 Å². The summed E-state index contributed by atoms with van der Waals surface area (Å²) in [6.07, 6.45) is -0.155. The fraction of sp³-hybridized carbons (Fsp3) is 0.111. The Kier molecular flexibility index (Phi) is 4.61. The quantitative estimate of drug-likeness (QED) is 0.831. The molecular formula is C18H16F2O2. The van der Waals surface area contributed by atoms with Gasteiger partial charge in [-0.05, 0) is 35.4 Å². The number of halogens is 2. The molecule has 0 saturated carbocycles. The first kappa shape index (κ1) is 15.8. The maximum Gasteiger partial charge on any atom is 0.119 e. The predicted octanol–water partition coefficient (Wildman–Crippen LogP) is 4.82. The molecule has 2 aromatic rings. The molecule has 2 aromatic carbocycles. The third-order valence-corrected chi connectivity index (χ3v) is 3.26. The van der Waals surface area contributed by atoms with E-state index in [-0.39, 0.29) is 24.3 Å². The van der Waals surface area contributed by atoms with Crippen molar-refractivity contribution in [2.75, 3.05) is 0 Å². The monoisotopic (exact) mass is 302 g/mol. The molecule has 0 radical (unpaired) electrons. The smallest absolute Gasteiger partial charge is 0.119 e. The lowest BCUT2D eigenvalue weighted by molar-refractivity contribution is 0.466. The lowest BCUT2D eigenvalue weighted by atomic mass is 9.98. The SMILES string of the molecule is C=C(F)Cc1cc(-c2ccc(O)c(CC(=C)F)c2)ccc1O. The summed E-state index contributed by atoms with van der Waals surface area (Å²) in [4.78, 5) is 0. The summed E-state index contributed by atoms with van der Waals surface area (Å²) >= 11 is 0. The minimum absolute atomic E-state index is 0.0151. The van der Waals surface area contributed by atoms with Crippen LogP contribution in [-0.4, -0.2) is 10.2 Å². The highest BCUT2D eigenvalue weighted by Crippen LogP contribution is 2.31. The Morgan fingerprint density at radius 1 is 0.773 bits per heavy atom. The zero-order valence-electron chi connectivity index (χ0n) is 11.9. The van der Waals surface area contributed by atoms with Crippen molar-refractivity contribution in [1.29, 1.82) is 0 Å². The van der Waals surface area contributed by atoms with Gasteiger partial charge in [-0.1, -0.05) is 25.3 Å². The molecule has 0 saturated heterocycles. The van der Waals surface area contributed by atoms with Gasteiger partial charge in [0.1, 0.15) is 11.5 Å². The van der Waals surface area contributed by atoms with Crippen LogP contribution >= 0.6 is 0 Å². The number of phenolic OH excluding ortho intramolecular Hbond substituents is 2. The summed E-state index contributed by atoms with van der Waals surface area (Å²) in [7, 11) is 0. The molecule has 114 valence electrons. The van der Waals surface area contributed by atoms with E-state index in [2.05, 4.69) is 13.2 Å². The molecule has 22 heavy (non-hydrogen) atoms. The maximum absolute atomic E-state index is 13.0. The van der Waals surface area contributed by atoms with Crippen molar-refractivity contribution in [3.63, 3.8) is 0 Å². The van der Waals surface area contributed by atoms with Crippen LogP contribution in [0.2, 0.25) is 0 Å². The van der Waals surface area contributed by atoms with E-state index in [9.17, 15) is 19.0 Å². The van der Waals surface area contributed by atoms with E-state index in [4.69, 9.17) is 0 Å². The standard InChI is InChI=1S/C18H16F2O2/c1-11(19)7-15-9-13(3-5-17(15)21)14-4-6-18(22)16(10-14)8-12(2)20/h3-6,9-10,21-22H,1-2,7-8H2. The van der Waals surface area contributed by atoms with Gasteiger partial charge in [-0.25, -0.2) is 8.78 Å². The molecule has 0 amide bonds. The summed E-state index contributed by atoms with van der Waals surface area (Å²) in [5.74, 6) is -1.13. The van der Waals surface area contributed by atoms with Gasteiger partial charge >= 0.3 is 0 Å². The van der Waals surface area contributed by atoms with E-state index in [0.717, 1.165) is 11.1 Å². The van der Waals surface area contributed by atoms with Crippen molar-refractivity contribution in [2.45, 2.75) is 12.8 Å². The Morgan fingerprint density at radius 2 is 1.14 bits per heavy atom. The molecule has 2 rings (SSSR count). The first-order valence-electron chi connectivity index (χ1n) is 6.67. The van der Waals surface area contributed by atoms with Crippen LogP contribution < -0.4 is 0 Å². The van der Waals surface area contributed by atoms with Crippen LogP contribution in [0.25, 0.3) is 11.1 Å². The molecule has 0 bridgehead atoms. The fourth-order valence-electron chi connectivity index (χ4n) is 2.23. The molecule has 0 aliphatic heterocycles. The van der Waals surface area contributed by atoms with Crippen LogP contribution in [0.1, 0.15) is 11.1 Å². The van der Waals surface area contributed by atoms with Gasteiger partial charge in [-0.3, -0.25) is 0 Å². The van der Waals surface area contributed by atoms with E-state index in [1.54, 1.807) is 24.3 Å². The van der Waals surface area contributed by atoms with Crippen molar-refractivity contribution in [3.05, 3.63) is 72.3 Å². The first-order chi connectivity index (χ1) is 10.4. The Hall–Kier alpha value is -2.62. The Bertz CT molecular complexity index is 672. The van der Waals surface area contributed by atoms with E-state index < -0.39 is 11.7 Å². The molecule has 0 spiro atoms. The third-order valence-electron chi connectivity index (χ3n) is 3.26. The van der Waals surface area contributed by atoms with Crippen molar-refractivity contribution in [3.8, 4) is 22.6 Å². The molecule has 2 nitrogen and oxygen atoms in total. The molecule has 4 heteroatoms. The third kappa shape index (κ3) is 3.73. The number of aromatic hydroxyl groups is 2. The van der Waals surface area contributed by atoms with Gasteiger partial charge in [0.25, 0.3) is 0 Å². The highest BCUT2D eigenvalue weighted by Gasteiger charge is 2.09. The molecular weight excluding hydrogens is 286 g/mol. The number of hydrogen-bond acceptors (Lipinski definition) is 2.